The maximum atomic E-state index is 11.6. The van der Waals surface area contributed by atoms with Gasteiger partial charge in [-0.2, -0.15) is 0 Å². The first kappa shape index (κ1) is 12.5. The SMILES string of the molecule is NC1CC(OCC(=O)Nc2ccccc2Br)C1. The lowest BCUT2D eigenvalue weighted by Crippen LogP contribution is -2.42. The number of nitrogens with two attached hydrogens (primary N) is 1. The number of halogens is 1. The van der Waals surface area contributed by atoms with Gasteiger partial charge in [-0.1, -0.05) is 12.1 Å². The largest absolute Gasteiger partial charge is 0.368 e. The molecule has 0 spiro atoms. The average molecular weight is 299 g/mol. The van der Waals surface area contributed by atoms with E-state index in [9.17, 15) is 4.79 Å². The lowest BCUT2D eigenvalue weighted by atomic mass is 9.90. The van der Waals surface area contributed by atoms with Gasteiger partial charge in [0.15, 0.2) is 0 Å². The number of amides is 1. The van der Waals surface area contributed by atoms with Crippen LogP contribution in [0.2, 0.25) is 0 Å². The highest BCUT2D eigenvalue weighted by atomic mass is 79.9. The van der Waals surface area contributed by atoms with E-state index < -0.39 is 0 Å². The summed E-state index contributed by atoms with van der Waals surface area (Å²) in [6, 6.07) is 7.72. The number of carbonyl (C=O) groups is 1. The Labute approximate surface area is 109 Å². The molecule has 0 radical (unpaired) electrons. The van der Waals surface area contributed by atoms with Crippen molar-refractivity contribution >= 4 is 27.5 Å². The Kier molecular flexibility index (Phi) is 4.15. The minimum Gasteiger partial charge on any atom is -0.368 e. The number of anilines is 1. The molecule has 4 nitrogen and oxygen atoms in total. The molecule has 5 heteroatoms. The van der Waals surface area contributed by atoms with Gasteiger partial charge in [-0.25, -0.2) is 0 Å². The van der Waals surface area contributed by atoms with Crippen LogP contribution in [0.4, 0.5) is 5.69 Å². The van der Waals surface area contributed by atoms with Gasteiger partial charge >= 0.3 is 0 Å². The summed E-state index contributed by atoms with van der Waals surface area (Å²) in [5.74, 6) is -0.141. The molecule has 0 atom stereocenters. The molecule has 1 amide bonds. The highest BCUT2D eigenvalue weighted by Crippen LogP contribution is 2.22. The molecule has 3 N–H and O–H groups in total. The van der Waals surface area contributed by atoms with E-state index in [0.29, 0.717) is 0 Å². The first-order chi connectivity index (χ1) is 8.15. The zero-order chi connectivity index (χ0) is 12.3. The Morgan fingerprint density at radius 3 is 2.82 bits per heavy atom. The van der Waals surface area contributed by atoms with Crippen LogP contribution >= 0.6 is 15.9 Å². The van der Waals surface area contributed by atoms with Crippen molar-refractivity contribution in [1.82, 2.24) is 0 Å². The number of carbonyl (C=O) groups excluding carboxylic acids is 1. The van der Waals surface area contributed by atoms with Crippen LogP contribution in [-0.4, -0.2) is 24.7 Å². The fourth-order valence-corrected chi connectivity index (χ4v) is 2.07. The van der Waals surface area contributed by atoms with E-state index in [-0.39, 0.29) is 24.7 Å². The molecule has 0 aliphatic heterocycles. The smallest absolute Gasteiger partial charge is 0.250 e. The fraction of sp³-hybridized carbons (Fsp3) is 0.417. The summed E-state index contributed by atoms with van der Waals surface area (Å²) >= 11 is 3.37. The number of ether oxygens (including phenoxy) is 1. The summed E-state index contributed by atoms with van der Waals surface area (Å²) in [7, 11) is 0. The molecule has 1 saturated carbocycles. The van der Waals surface area contributed by atoms with Crippen LogP contribution in [0, 0.1) is 0 Å². The van der Waals surface area contributed by atoms with Crippen molar-refractivity contribution in [2.75, 3.05) is 11.9 Å². The molecule has 1 fully saturated rings. The quantitative estimate of drug-likeness (QED) is 0.892. The van der Waals surface area contributed by atoms with E-state index in [1.54, 1.807) is 0 Å². The van der Waals surface area contributed by atoms with Crippen molar-refractivity contribution in [3.8, 4) is 0 Å². The van der Waals surface area contributed by atoms with Gasteiger partial charge < -0.3 is 15.8 Å². The van der Waals surface area contributed by atoms with Gasteiger partial charge in [-0.05, 0) is 40.9 Å². The van der Waals surface area contributed by atoms with Gasteiger partial charge in [-0.3, -0.25) is 4.79 Å². The predicted octanol–water partition coefficient (Wildman–Crippen LogP) is 1.89. The van der Waals surface area contributed by atoms with Gasteiger partial charge in [-0.15, -0.1) is 0 Å². The zero-order valence-corrected chi connectivity index (χ0v) is 10.9. The summed E-state index contributed by atoms with van der Waals surface area (Å²) in [6.45, 7) is 0.0821. The standard InChI is InChI=1S/C12H15BrN2O2/c13-10-3-1-2-4-11(10)15-12(16)7-17-9-5-8(14)6-9/h1-4,8-9H,5-7,14H2,(H,15,16). The first-order valence-electron chi connectivity index (χ1n) is 5.56. The molecule has 17 heavy (non-hydrogen) atoms. The van der Waals surface area contributed by atoms with E-state index in [2.05, 4.69) is 21.2 Å². The van der Waals surface area contributed by atoms with Crippen molar-refractivity contribution in [3.63, 3.8) is 0 Å². The second kappa shape index (κ2) is 5.62. The Bertz CT molecular complexity index is 405. The minimum absolute atomic E-state index is 0.0821. The second-order valence-electron chi connectivity index (χ2n) is 4.19. The monoisotopic (exact) mass is 298 g/mol. The molecular weight excluding hydrogens is 284 g/mol. The van der Waals surface area contributed by atoms with Crippen LogP contribution in [0.25, 0.3) is 0 Å². The number of benzene rings is 1. The highest BCUT2D eigenvalue weighted by Gasteiger charge is 2.27. The van der Waals surface area contributed by atoms with Crippen LogP contribution in [0.15, 0.2) is 28.7 Å². The van der Waals surface area contributed by atoms with Crippen LogP contribution in [0.3, 0.4) is 0 Å². The highest BCUT2D eigenvalue weighted by molar-refractivity contribution is 9.10. The third-order valence-corrected chi connectivity index (χ3v) is 3.42. The van der Waals surface area contributed by atoms with Crippen molar-refractivity contribution < 1.29 is 9.53 Å². The van der Waals surface area contributed by atoms with Gasteiger partial charge in [0.25, 0.3) is 0 Å². The Hall–Kier alpha value is -0.910. The topological polar surface area (TPSA) is 64.3 Å². The van der Waals surface area contributed by atoms with Gasteiger partial charge in [0.2, 0.25) is 5.91 Å². The molecule has 1 aromatic carbocycles. The van der Waals surface area contributed by atoms with E-state index in [1.807, 2.05) is 24.3 Å². The van der Waals surface area contributed by atoms with Crippen molar-refractivity contribution in [2.45, 2.75) is 25.0 Å². The van der Waals surface area contributed by atoms with E-state index in [0.717, 1.165) is 23.0 Å². The third-order valence-electron chi connectivity index (χ3n) is 2.73. The molecule has 1 aliphatic carbocycles. The van der Waals surface area contributed by atoms with Crippen LogP contribution < -0.4 is 11.1 Å². The molecule has 0 saturated heterocycles. The van der Waals surface area contributed by atoms with Crippen molar-refractivity contribution in [2.24, 2.45) is 5.73 Å². The van der Waals surface area contributed by atoms with Crippen LogP contribution in [-0.2, 0) is 9.53 Å². The normalized spacial score (nSPS) is 22.9. The zero-order valence-electron chi connectivity index (χ0n) is 9.36. The molecule has 92 valence electrons. The van der Waals surface area contributed by atoms with Crippen LogP contribution in [0.1, 0.15) is 12.8 Å². The second-order valence-corrected chi connectivity index (χ2v) is 5.05. The Morgan fingerprint density at radius 2 is 2.18 bits per heavy atom. The lowest BCUT2D eigenvalue weighted by molar-refractivity contribution is -0.124. The number of hydrogen-bond acceptors (Lipinski definition) is 3. The first-order valence-corrected chi connectivity index (χ1v) is 6.36. The van der Waals surface area contributed by atoms with Crippen molar-refractivity contribution in [3.05, 3.63) is 28.7 Å². The van der Waals surface area contributed by atoms with Gasteiger partial charge in [0.05, 0.1) is 11.8 Å². The van der Waals surface area contributed by atoms with E-state index >= 15 is 0 Å². The summed E-state index contributed by atoms with van der Waals surface area (Å²) < 4.78 is 6.28. The molecule has 0 aromatic heterocycles. The molecule has 0 heterocycles. The maximum Gasteiger partial charge on any atom is 0.250 e. The molecule has 0 unspecified atom stereocenters. The lowest BCUT2D eigenvalue weighted by Gasteiger charge is -2.31. The van der Waals surface area contributed by atoms with Crippen LogP contribution in [0.5, 0.6) is 0 Å². The predicted molar refractivity (Wildman–Crippen MR) is 69.7 cm³/mol. The number of hydrogen-bond donors (Lipinski definition) is 2. The number of nitrogens with one attached hydrogen (secondary N) is 1. The average Bonchev–Trinajstić information content (AvgIpc) is 2.26. The maximum absolute atomic E-state index is 11.6. The summed E-state index contributed by atoms with van der Waals surface area (Å²) in [5, 5.41) is 2.78. The number of rotatable bonds is 4. The van der Waals surface area contributed by atoms with Gasteiger partial charge in [0, 0.05) is 10.5 Å². The summed E-state index contributed by atoms with van der Waals surface area (Å²) in [4.78, 5) is 11.6. The fourth-order valence-electron chi connectivity index (χ4n) is 1.68. The minimum atomic E-state index is -0.141. The summed E-state index contributed by atoms with van der Waals surface area (Å²) in [6.07, 6.45) is 1.85. The summed E-state index contributed by atoms with van der Waals surface area (Å²) in [5.41, 5.74) is 6.39. The third kappa shape index (κ3) is 3.52. The molecule has 2 rings (SSSR count). The molecule has 1 aromatic rings. The molecule has 1 aliphatic rings. The number of para-hydroxylation sites is 1. The molecule has 0 bridgehead atoms. The van der Waals surface area contributed by atoms with E-state index in [4.69, 9.17) is 10.5 Å². The van der Waals surface area contributed by atoms with E-state index in [1.165, 1.54) is 0 Å². The Morgan fingerprint density at radius 1 is 1.47 bits per heavy atom. The van der Waals surface area contributed by atoms with Crippen molar-refractivity contribution in [1.29, 1.82) is 0 Å². The Balaban J connectivity index is 1.76. The molecular formula is C12H15BrN2O2. The van der Waals surface area contributed by atoms with Gasteiger partial charge in [0.1, 0.15) is 6.61 Å².